The summed E-state index contributed by atoms with van der Waals surface area (Å²) in [6, 6.07) is 7.70. The Morgan fingerprint density at radius 1 is 1.47 bits per heavy atom. The van der Waals surface area contributed by atoms with Crippen molar-refractivity contribution in [2.45, 2.75) is 32.8 Å². The lowest BCUT2D eigenvalue weighted by Crippen LogP contribution is -2.17. The molecule has 0 radical (unpaired) electrons. The highest BCUT2D eigenvalue weighted by molar-refractivity contribution is 5.67. The Balaban J connectivity index is 2.67. The maximum atomic E-state index is 10.5. The van der Waals surface area contributed by atoms with Gasteiger partial charge < -0.3 is 9.84 Å². The number of carboxylic acid groups (broad SMARTS) is 1. The second-order valence-corrected chi connectivity index (χ2v) is 3.49. The standard InChI is InChI=1S/C12H16O3/c1-3-10-6-4-5-7-11(10)15-9(2)8-12(13)14/h4-7,9H,3,8H2,1-2H3,(H,13,14)/t9-/m1/s1. The number of aliphatic carboxylic acids is 1. The number of carbonyl (C=O) groups is 1. The minimum atomic E-state index is -0.837. The van der Waals surface area contributed by atoms with Gasteiger partial charge in [0.1, 0.15) is 11.9 Å². The molecule has 3 nitrogen and oxygen atoms in total. The molecule has 0 bridgehead atoms. The number of para-hydroxylation sites is 1. The average molecular weight is 208 g/mol. The van der Waals surface area contributed by atoms with E-state index < -0.39 is 5.97 Å². The highest BCUT2D eigenvalue weighted by Crippen LogP contribution is 2.20. The zero-order chi connectivity index (χ0) is 11.3. The number of hydrogen-bond donors (Lipinski definition) is 1. The van der Waals surface area contributed by atoms with Gasteiger partial charge in [0.25, 0.3) is 0 Å². The van der Waals surface area contributed by atoms with Gasteiger partial charge in [0.2, 0.25) is 0 Å². The lowest BCUT2D eigenvalue weighted by Gasteiger charge is -2.15. The number of aryl methyl sites for hydroxylation is 1. The molecule has 0 spiro atoms. The fourth-order valence-corrected chi connectivity index (χ4v) is 1.42. The van der Waals surface area contributed by atoms with Gasteiger partial charge in [-0.25, -0.2) is 0 Å². The van der Waals surface area contributed by atoms with E-state index >= 15 is 0 Å². The van der Waals surface area contributed by atoms with Crippen LogP contribution in [0.25, 0.3) is 0 Å². The molecule has 1 atom stereocenters. The molecule has 0 aromatic heterocycles. The van der Waals surface area contributed by atoms with E-state index in [0.29, 0.717) is 0 Å². The van der Waals surface area contributed by atoms with Gasteiger partial charge in [-0.3, -0.25) is 4.79 Å². The Hall–Kier alpha value is -1.51. The van der Waals surface area contributed by atoms with E-state index in [-0.39, 0.29) is 12.5 Å². The molecule has 3 heteroatoms. The third-order valence-corrected chi connectivity index (χ3v) is 2.14. The van der Waals surface area contributed by atoms with Crippen LogP contribution in [-0.2, 0) is 11.2 Å². The van der Waals surface area contributed by atoms with Crippen LogP contribution >= 0.6 is 0 Å². The molecule has 0 amide bonds. The summed E-state index contributed by atoms with van der Waals surface area (Å²) < 4.78 is 5.57. The molecule has 1 aromatic carbocycles. The third-order valence-electron chi connectivity index (χ3n) is 2.14. The van der Waals surface area contributed by atoms with Gasteiger partial charge in [-0.1, -0.05) is 25.1 Å². The summed E-state index contributed by atoms with van der Waals surface area (Å²) in [6.45, 7) is 3.81. The van der Waals surface area contributed by atoms with Crippen molar-refractivity contribution in [3.63, 3.8) is 0 Å². The summed E-state index contributed by atoms with van der Waals surface area (Å²) in [5, 5.41) is 8.61. The zero-order valence-corrected chi connectivity index (χ0v) is 9.06. The molecule has 1 rings (SSSR count). The monoisotopic (exact) mass is 208 g/mol. The number of rotatable bonds is 5. The Morgan fingerprint density at radius 2 is 2.13 bits per heavy atom. The highest BCUT2D eigenvalue weighted by atomic mass is 16.5. The van der Waals surface area contributed by atoms with Crippen molar-refractivity contribution in [3.8, 4) is 5.75 Å². The van der Waals surface area contributed by atoms with E-state index in [2.05, 4.69) is 0 Å². The van der Waals surface area contributed by atoms with Gasteiger partial charge in [-0.2, -0.15) is 0 Å². The molecule has 1 N–H and O–H groups in total. The second kappa shape index (κ2) is 5.39. The van der Waals surface area contributed by atoms with E-state index in [9.17, 15) is 4.79 Å². The van der Waals surface area contributed by atoms with E-state index in [1.165, 1.54) is 0 Å². The number of carboxylic acids is 1. The molecule has 1 aromatic rings. The summed E-state index contributed by atoms with van der Waals surface area (Å²) in [5.74, 6) is -0.0507. The predicted molar refractivity (Wildman–Crippen MR) is 58.2 cm³/mol. The fourth-order valence-electron chi connectivity index (χ4n) is 1.42. The van der Waals surface area contributed by atoms with Gasteiger partial charge in [-0.05, 0) is 25.0 Å². The highest BCUT2D eigenvalue weighted by Gasteiger charge is 2.10. The van der Waals surface area contributed by atoms with Crippen LogP contribution in [0.15, 0.2) is 24.3 Å². The Kier molecular flexibility index (Phi) is 4.16. The van der Waals surface area contributed by atoms with Crippen LogP contribution in [0.4, 0.5) is 0 Å². The average Bonchev–Trinajstić information content (AvgIpc) is 2.17. The number of benzene rings is 1. The number of hydrogen-bond acceptors (Lipinski definition) is 2. The third kappa shape index (κ3) is 3.62. The minimum absolute atomic E-state index is 0.0258. The Labute approximate surface area is 89.7 Å². The normalized spacial score (nSPS) is 12.1. The van der Waals surface area contributed by atoms with Crippen LogP contribution in [-0.4, -0.2) is 17.2 Å². The number of ether oxygens (including phenoxy) is 1. The summed E-state index contributed by atoms with van der Waals surface area (Å²) in [5.41, 5.74) is 1.11. The van der Waals surface area contributed by atoms with E-state index in [1.807, 2.05) is 31.2 Å². The lowest BCUT2D eigenvalue weighted by molar-refractivity contribution is -0.138. The van der Waals surface area contributed by atoms with Crippen LogP contribution in [0, 0.1) is 0 Å². The van der Waals surface area contributed by atoms with Crippen molar-refractivity contribution >= 4 is 5.97 Å². The summed E-state index contributed by atoms with van der Waals surface area (Å²) >= 11 is 0. The topological polar surface area (TPSA) is 46.5 Å². The first-order valence-corrected chi connectivity index (χ1v) is 5.09. The first-order chi connectivity index (χ1) is 7.13. The molecule has 0 unspecified atom stereocenters. The molecule has 0 saturated heterocycles. The maximum absolute atomic E-state index is 10.5. The van der Waals surface area contributed by atoms with Crippen molar-refractivity contribution in [3.05, 3.63) is 29.8 Å². The molecule has 0 saturated carbocycles. The van der Waals surface area contributed by atoms with Gasteiger partial charge in [0.05, 0.1) is 6.42 Å². The molecule has 82 valence electrons. The zero-order valence-electron chi connectivity index (χ0n) is 9.06. The van der Waals surface area contributed by atoms with E-state index in [1.54, 1.807) is 6.92 Å². The smallest absolute Gasteiger partial charge is 0.307 e. The van der Waals surface area contributed by atoms with E-state index in [4.69, 9.17) is 9.84 Å². The molecular weight excluding hydrogens is 192 g/mol. The summed E-state index contributed by atoms with van der Waals surface area (Å²) in [7, 11) is 0. The van der Waals surface area contributed by atoms with E-state index in [0.717, 1.165) is 17.7 Å². The quantitative estimate of drug-likeness (QED) is 0.808. The van der Waals surface area contributed by atoms with Crippen LogP contribution in [0.3, 0.4) is 0 Å². The molecular formula is C12H16O3. The van der Waals surface area contributed by atoms with Crippen LogP contribution < -0.4 is 4.74 Å². The van der Waals surface area contributed by atoms with Gasteiger partial charge in [0.15, 0.2) is 0 Å². The lowest BCUT2D eigenvalue weighted by atomic mass is 10.1. The van der Waals surface area contributed by atoms with Crippen molar-refractivity contribution < 1.29 is 14.6 Å². The van der Waals surface area contributed by atoms with Crippen molar-refractivity contribution in [2.24, 2.45) is 0 Å². The largest absolute Gasteiger partial charge is 0.490 e. The summed E-state index contributed by atoms with van der Waals surface area (Å²) in [4.78, 5) is 10.5. The van der Waals surface area contributed by atoms with Crippen molar-refractivity contribution in [2.75, 3.05) is 0 Å². The van der Waals surface area contributed by atoms with Crippen LogP contribution in [0.2, 0.25) is 0 Å². The second-order valence-electron chi connectivity index (χ2n) is 3.49. The molecule has 0 fully saturated rings. The molecule has 0 aliphatic carbocycles. The van der Waals surface area contributed by atoms with Crippen LogP contribution in [0.5, 0.6) is 5.75 Å². The summed E-state index contributed by atoms with van der Waals surface area (Å²) in [6.07, 6.45) is 0.615. The van der Waals surface area contributed by atoms with Crippen molar-refractivity contribution in [1.82, 2.24) is 0 Å². The first-order valence-electron chi connectivity index (χ1n) is 5.09. The maximum Gasteiger partial charge on any atom is 0.307 e. The first kappa shape index (κ1) is 11.6. The van der Waals surface area contributed by atoms with Gasteiger partial charge in [0, 0.05) is 0 Å². The Bertz CT molecular complexity index is 333. The molecule has 15 heavy (non-hydrogen) atoms. The molecule has 0 aliphatic rings. The van der Waals surface area contributed by atoms with Gasteiger partial charge >= 0.3 is 5.97 Å². The minimum Gasteiger partial charge on any atom is -0.490 e. The SMILES string of the molecule is CCc1ccccc1O[C@H](C)CC(=O)O. The predicted octanol–water partition coefficient (Wildman–Crippen LogP) is 2.49. The van der Waals surface area contributed by atoms with Gasteiger partial charge in [-0.15, -0.1) is 0 Å². The Morgan fingerprint density at radius 3 is 2.73 bits per heavy atom. The fraction of sp³-hybridized carbons (Fsp3) is 0.417. The molecule has 0 heterocycles. The molecule has 0 aliphatic heterocycles. The van der Waals surface area contributed by atoms with Crippen molar-refractivity contribution in [1.29, 1.82) is 0 Å². The van der Waals surface area contributed by atoms with Crippen LogP contribution in [0.1, 0.15) is 25.8 Å².